The Kier molecular flexibility index (Phi) is 7.77. The van der Waals surface area contributed by atoms with Crippen LogP contribution >= 0.6 is 0 Å². The Bertz CT molecular complexity index is 2140. The van der Waals surface area contributed by atoms with Crippen LogP contribution in [0.3, 0.4) is 0 Å². The normalized spacial score (nSPS) is 20.0. The number of fused-ring (bicyclic) bond motifs is 1. The second-order valence-corrected chi connectivity index (χ2v) is 13.3. The molecule has 50 heavy (non-hydrogen) atoms. The van der Waals surface area contributed by atoms with E-state index in [-0.39, 0.29) is 29.6 Å². The molecule has 2 fully saturated rings. The maximum atomic E-state index is 14.0. The van der Waals surface area contributed by atoms with Gasteiger partial charge in [0.15, 0.2) is 5.82 Å². The van der Waals surface area contributed by atoms with Crippen molar-refractivity contribution in [3.05, 3.63) is 84.5 Å². The lowest BCUT2D eigenvalue weighted by Gasteiger charge is -2.29. The molecule has 14 heteroatoms. The van der Waals surface area contributed by atoms with E-state index in [1.165, 1.54) is 5.57 Å². The number of H-pyrrole nitrogens is 1. The third kappa shape index (κ3) is 5.72. The highest BCUT2D eigenvalue weighted by atomic mass is 19.4. The number of rotatable bonds is 6. The number of aryl methyl sites for hydroxylation is 1. The summed E-state index contributed by atoms with van der Waals surface area (Å²) in [5, 5.41) is 11.8. The summed E-state index contributed by atoms with van der Waals surface area (Å²) in [5.41, 5.74) is 3.01. The number of carbonyl (C=O) groups is 2. The minimum Gasteiger partial charge on any atom is -0.338 e. The third-order valence-corrected chi connectivity index (χ3v) is 10.2. The molecule has 1 spiro atoms. The van der Waals surface area contributed by atoms with Gasteiger partial charge in [0.2, 0.25) is 11.8 Å². The van der Waals surface area contributed by atoms with Crippen molar-refractivity contribution < 1.29 is 22.8 Å². The van der Waals surface area contributed by atoms with Crippen LogP contribution in [-0.2, 0) is 22.8 Å². The lowest BCUT2D eigenvalue weighted by atomic mass is 9.85. The van der Waals surface area contributed by atoms with E-state index in [2.05, 4.69) is 48.4 Å². The SMILES string of the molecule is Cn1cnc(-c2ccc(C3=CCN(C(=O)CN4CC[C@]5(CCN(c6ccc7[nH]nc(-c8cnccc8C(F)(F)F)c7c6)C5=O)C4)CC3)cc2)n1. The second-order valence-electron chi connectivity index (χ2n) is 13.3. The van der Waals surface area contributed by atoms with Crippen LogP contribution in [0, 0.1) is 5.41 Å². The van der Waals surface area contributed by atoms with E-state index in [0.29, 0.717) is 68.0 Å². The molecule has 0 bridgehead atoms. The number of halogens is 3. The van der Waals surface area contributed by atoms with Crippen molar-refractivity contribution in [2.75, 3.05) is 44.2 Å². The first-order valence-electron chi connectivity index (χ1n) is 16.6. The highest BCUT2D eigenvalue weighted by Gasteiger charge is 2.51. The molecule has 3 aromatic heterocycles. The van der Waals surface area contributed by atoms with E-state index in [9.17, 15) is 22.8 Å². The number of carbonyl (C=O) groups excluding carboxylic acids is 2. The lowest BCUT2D eigenvalue weighted by Crippen LogP contribution is -2.43. The Morgan fingerprint density at radius 3 is 2.56 bits per heavy atom. The summed E-state index contributed by atoms with van der Waals surface area (Å²) in [5.74, 6) is 0.702. The third-order valence-electron chi connectivity index (χ3n) is 10.2. The summed E-state index contributed by atoms with van der Waals surface area (Å²) in [4.78, 5) is 41.2. The van der Waals surface area contributed by atoms with Crippen molar-refractivity contribution in [3.8, 4) is 22.6 Å². The topological polar surface area (TPSA) is 116 Å². The van der Waals surface area contributed by atoms with Crippen molar-refractivity contribution in [3.63, 3.8) is 0 Å². The smallest absolute Gasteiger partial charge is 0.338 e. The Hall–Kier alpha value is -5.37. The van der Waals surface area contributed by atoms with E-state index in [0.717, 1.165) is 36.0 Å². The van der Waals surface area contributed by atoms with Gasteiger partial charge in [0.05, 0.1) is 23.0 Å². The first-order valence-corrected chi connectivity index (χ1v) is 16.6. The van der Waals surface area contributed by atoms with Crippen molar-refractivity contribution in [1.82, 2.24) is 39.7 Å². The van der Waals surface area contributed by atoms with E-state index in [1.807, 2.05) is 24.1 Å². The van der Waals surface area contributed by atoms with Gasteiger partial charge in [-0.3, -0.25) is 29.3 Å². The predicted octanol–water partition coefficient (Wildman–Crippen LogP) is 5.18. The molecule has 0 aliphatic carbocycles. The van der Waals surface area contributed by atoms with Gasteiger partial charge in [0.1, 0.15) is 12.0 Å². The molecule has 2 amide bonds. The van der Waals surface area contributed by atoms with Crippen LogP contribution in [0.4, 0.5) is 18.9 Å². The second kappa shape index (κ2) is 12.2. The molecule has 256 valence electrons. The summed E-state index contributed by atoms with van der Waals surface area (Å²) in [6.45, 7) is 3.03. The molecule has 3 aliphatic rings. The molecule has 3 aliphatic heterocycles. The summed E-state index contributed by atoms with van der Waals surface area (Å²) in [6, 6.07) is 14.3. The Morgan fingerprint density at radius 2 is 1.82 bits per heavy atom. The molecule has 5 aromatic rings. The van der Waals surface area contributed by atoms with Crippen LogP contribution in [0.15, 0.2) is 73.3 Å². The number of hydrogen-bond acceptors (Lipinski definition) is 7. The summed E-state index contributed by atoms with van der Waals surface area (Å²) in [6.07, 6.45) is 3.52. The molecule has 0 radical (unpaired) electrons. The quantitative estimate of drug-likeness (QED) is 0.263. The number of pyridine rings is 1. The highest BCUT2D eigenvalue weighted by molar-refractivity contribution is 6.03. The largest absolute Gasteiger partial charge is 0.417 e. The average molecular weight is 682 g/mol. The van der Waals surface area contributed by atoms with Crippen molar-refractivity contribution in [1.29, 1.82) is 0 Å². The van der Waals surface area contributed by atoms with Crippen LogP contribution in [0.2, 0.25) is 0 Å². The van der Waals surface area contributed by atoms with Gasteiger partial charge in [-0.05, 0) is 61.2 Å². The fourth-order valence-electron chi connectivity index (χ4n) is 7.50. The Balaban J connectivity index is 0.911. The fraction of sp³-hybridized carbons (Fsp3) is 0.333. The van der Waals surface area contributed by atoms with Crippen LogP contribution in [0.5, 0.6) is 0 Å². The van der Waals surface area contributed by atoms with Gasteiger partial charge in [-0.1, -0.05) is 30.3 Å². The van der Waals surface area contributed by atoms with Crippen molar-refractivity contribution in [2.45, 2.75) is 25.4 Å². The molecular formula is C36H34F3N9O2. The number of nitrogens with zero attached hydrogens (tertiary/aromatic N) is 8. The van der Waals surface area contributed by atoms with Gasteiger partial charge < -0.3 is 9.80 Å². The van der Waals surface area contributed by atoms with Gasteiger partial charge >= 0.3 is 6.18 Å². The number of nitrogens with one attached hydrogen (secondary N) is 1. The number of anilines is 1. The Labute approximate surface area is 285 Å². The summed E-state index contributed by atoms with van der Waals surface area (Å²) >= 11 is 0. The average Bonchev–Trinajstić information content (AvgIpc) is 3.92. The lowest BCUT2D eigenvalue weighted by molar-refractivity contribution is -0.137. The van der Waals surface area contributed by atoms with Crippen molar-refractivity contribution in [2.24, 2.45) is 12.5 Å². The van der Waals surface area contributed by atoms with Crippen molar-refractivity contribution >= 4 is 34.0 Å². The molecule has 8 rings (SSSR count). The fourth-order valence-corrected chi connectivity index (χ4v) is 7.50. The predicted molar refractivity (Wildman–Crippen MR) is 180 cm³/mol. The summed E-state index contributed by atoms with van der Waals surface area (Å²) in [7, 11) is 1.84. The van der Waals surface area contributed by atoms with Crippen LogP contribution in [0.25, 0.3) is 39.1 Å². The summed E-state index contributed by atoms with van der Waals surface area (Å²) < 4.78 is 43.0. The number of aromatic nitrogens is 6. The molecule has 2 aromatic carbocycles. The number of hydrogen-bond donors (Lipinski definition) is 1. The molecule has 0 saturated carbocycles. The number of likely N-dealkylation sites (tertiary alicyclic amines) is 1. The standard InChI is InChI=1S/C36H34F3N9O2/c1-45-22-41-33(44-45)25-4-2-23(3-5-25)24-9-14-47(15-10-24)31(49)20-46-16-11-35(21-46)12-17-48(34(35)50)26-6-7-30-27(18-26)32(43-42-30)28-19-40-13-8-29(28)36(37,38)39/h2-9,13,18-19,22H,10-12,14-17,20-21H2,1H3,(H,42,43)/t35-/m0/s1. The highest BCUT2D eigenvalue weighted by Crippen LogP contribution is 2.44. The van der Waals surface area contributed by atoms with Gasteiger partial charge in [-0.2, -0.15) is 23.4 Å². The minimum absolute atomic E-state index is 0.0235. The number of aromatic amines is 1. The first-order chi connectivity index (χ1) is 24.1. The maximum Gasteiger partial charge on any atom is 0.417 e. The molecule has 1 N–H and O–H groups in total. The Morgan fingerprint density at radius 1 is 1.02 bits per heavy atom. The first kappa shape index (κ1) is 31.9. The van der Waals surface area contributed by atoms with Crippen LogP contribution in [0.1, 0.15) is 30.4 Å². The van der Waals surface area contributed by atoms with Gasteiger partial charge in [0.25, 0.3) is 0 Å². The van der Waals surface area contributed by atoms with E-state index in [4.69, 9.17) is 0 Å². The number of benzene rings is 2. The van der Waals surface area contributed by atoms with E-state index >= 15 is 0 Å². The molecule has 1 atom stereocenters. The van der Waals surface area contributed by atoms with Gasteiger partial charge in [-0.15, -0.1) is 0 Å². The van der Waals surface area contributed by atoms with E-state index in [1.54, 1.807) is 34.1 Å². The zero-order valence-electron chi connectivity index (χ0n) is 27.3. The number of amides is 2. The van der Waals surface area contributed by atoms with E-state index < -0.39 is 17.2 Å². The maximum absolute atomic E-state index is 14.0. The molecule has 2 saturated heterocycles. The minimum atomic E-state index is -4.58. The zero-order valence-corrected chi connectivity index (χ0v) is 27.3. The van der Waals surface area contributed by atoms with Crippen LogP contribution in [-0.4, -0.2) is 90.8 Å². The van der Waals surface area contributed by atoms with Gasteiger partial charge in [0, 0.05) is 67.8 Å². The molecule has 11 nitrogen and oxygen atoms in total. The molecule has 6 heterocycles. The molecule has 0 unspecified atom stereocenters. The monoisotopic (exact) mass is 681 g/mol. The van der Waals surface area contributed by atoms with Gasteiger partial charge in [-0.25, -0.2) is 4.98 Å². The number of alkyl halides is 3. The molecular weight excluding hydrogens is 647 g/mol. The van der Waals surface area contributed by atoms with Crippen LogP contribution < -0.4 is 4.90 Å². The zero-order chi connectivity index (χ0) is 34.6.